The highest BCUT2D eigenvalue weighted by molar-refractivity contribution is 5.55. The Morgan fingerprint density at radius 1 is 0.828 bits per heavy atom. The van der Waals surface area contributed by atoms with Crippen molar-refractivity contribution >= 4 is 0 Å². The number of aromatic nitrogens is 2. The molecular weight excluding hydrogens is 356 g/mol. The number of nitrogens with zero attached hydrogens (tertiary/aromatic N) is 2. The number of rotatable bonds is 14. The highest BCUT2D eigenvalue weighted by Gasteiger charge is 2.06. The summed E-state index contributed by atoms with van der Waals surface area (Å²) >= 11 is 0. The fraction of sp³-hybridized carbons (Fsp3) is 0.615. The fourth-order valence-electron chi connectivity index (χ4n) is 3.49. The minimum Gasteiger partial charge on any atom is -0.491 e. The van der Waals surface area contributed by atoms with Crippen LogP contribution >= 0.6 is 0 Å². The lowest BCUT2D eigenvalue weighted by Gasteiger charge is -2.14. The summed E-state index contributed by atoms with van der Waals surface area (Å²) < 4.78 is 6.04. The zero-order valence-corrected chi connectivity index (χ0v) is 19.0. The van der Waals surface area contributed by atoms with Crippen LogP contribution in [0.4, 0.5) is 0 Å². The molecule has 2 rings (SSSR count). The smallest absolute Gasteiger partial charge is 0.159 e. The number of ether oxygens (including phenoxy) is 1. The molecule has 0 radical (unpaired) electrons. The lowest BCUT2D eigenvalue weighted by molar-refractivity contribution is 0.206. The Bertz CT molecular complexity index is 666. The predicted octanol–water partition coefficient (Wildman–Crippen LogP) is 7.64. The van der Waals surface area contributed by atoms with E-state index in [9.17, 15) is 0 Å². The van der Waals surface area contributed by atoms with Crippen LogP contribution in [0.2, 0.25) is 0 Å². The highest BCUT2D eigenvalue weighted by Crippen LogP contribution is 2.21. The molecular formula is C26H40N2O. The van der Waals surface area contributed by atoms with Crippen molar-refractivity contribution in [2.75, 3.05) is 0 Å². The molecule has 160 valence electrons. The van der Waals surface area contributed by atoms with Gasteiger partial charge in [-0.3, -0.25) is 0 Å². The number of hydrogen-bond donors (Lipinski definition) is 0. The van der Waals surface area contributed by atoms with E-state index in [1.54, 1.807) is 0 Å². The topological polar surface area (TPSA) is 35.0 Å². The van der Waals surface area contributed by atoms with Crippen molar-refractivity contribution in [1.82, 2.24) is 9.97 Å². The van der Waals surface area contributed by atoms with E-state index in [1.807, 2.05) is 24.5 Å². The summed E-state index contributed by atoms with van der Waals surface area (Å²) in [6, 6.07) is 8.18. The maximum Gasteiger partial charge on any atom is 0.159 e. The van der Waals surface area contributed by atoms with Crippen LogP contribution in [0.3, 0.4) is 0 Å². The van der Waals surface area contributed by atoms with Gasteiger partial charge in [0.15, 0.2) is 5.82 Å². The Kier molecular flexibility index (Phi) is 10.8. The first kappa shape index (κ1) is 23.4. The van der Waals surface area contributed by atoms with Crippen molar-refractivity contribution in [3.05, 3.63) is 42.2 Å². The summed E-state index contributed by atoms with van der Waals surface area (Å²) in [5.41, 5.74) is 2.27. The molecule has 1 aromatic carbocycles. The molecule has 1 aromatic heterocycles. The van der Waals surface area contributed by atoms with E-state index in [2.05, 4.69) is 49.8 Å². The van der Waals surface area contributed by atoms with Gasteiger partial charge in [0.1, 0.15) is 5.75 Å². The molecule has 0 saturated heterocycles. The quantitative estimate of drug-likeness (QED) is 0.308. The molecule has 0 aliphatic rings. The molecule has 0 amide bonds. The summed E-state index contributed by atoms with van der Waals surface area (Å²) in [5, 5.41) is 0. The Morgan fingerprint density at radius 3 is 2.17 bits per heavy atom. The van der Waals surface area contributed by atoms with Gasteiger partial charge in [-0.15, -0.1) is 0 Å². The average Bonchev–Trinajstić information content (AvgIpc) is 2.75. The lowest BCUT2D eigenvalue weighted by atomic mass is 10.00. The SMILES string of the molecule is CCCCCC[C@@H](C)Oc1ccc(-c2ncc(CCCC[C@@H](C)CC)cn2)cc1. The number of hydrogen-bond acceptors (Lipinski definition) is 3. The number of unbranched alkanes of at least 4 members (excludes halogenated alkanes) is 4. The number of aryl methyl sites for hydroxylation is 1. The van der Waals surface area contributed by atoms with Gasteiger partial charge in [-0.05, 0) is 68.4 Å². The maximum atomic E-state index is 6.04. The van der Waals surface area contributed by atoms with Crippen molar-refractivity contribution in [1.29, 1.82) is 0 Å². The van der Waals surface area contributed by atoms with Crippen molar-refractivity contribution in [2.45, 2.75) is 98.0 Å². The zero-order valence-electron chi connectivity index (χ0n) is 19.0. The Morgan fingerprint density at radius 2 is 1.52 bits per heavy atom. The minimum absolute atomic E-state index is 0.258. The van der Waals surface area contributed by atoms with E-state index >= 15 is 0 Å². The summed E-state index contributed by atoms with van der Waals surface area (Å²) in [6.07, 6.45) is 16.6. The van der Waals surface area contributed by atoms with E-state index in [0.29, 0.717) is 0 Å². The van der Waals surface area contributed by atoms with Gasteiger partial charge >= 0.3 is 0 Å². The third kappa shape index (κ3) is 8.97. The first-order chi connectivity index (χ1) is 14.1. The van der Waals surface area contributed by atoms with Gasteiger partial charge in [0.05, 0.1) is 6.10 Å². The van der Waals surface area contributed by atoms with Crippen LogP contribution < -0.4 is 4.74 Å². The largest absolute Gasteiger partial charge is 0.491 e. The normalized spacial score (nSPS) is 13.2. The molecule has 3 nitrogen and oxygen atoms in total. The van der Waals surface area contributed by atoms with Crippen molar-refractivity contribution in [2.24, 2.45) is 5.92 Å². The summed E-state index contributed by atoms with van der Waals surface area (Å²) in [6.45, 7) is 9.01. The summed E-state index contributed by atoms with van der Waals surface area (Å²) in [7, 11) is 0. The van der Waals surface area contributed by atoms with Crippen molar-refractivity contribution in [3.63, 3.8) is 0 Å². The maximum absolute atomic E-state index is 6.04. The fourth-order valence-corrected chi connectivity index (χ4v) is 3.49. The third-order valence-corrected chi connectivity index (χ3v) is 5.73. The first-order valence-corrected chi connectivity index (χ1v) is 11.7. The van der Waals surface area contributed by atoms with Gasteiger partial charge in [-0.1, -0.05) is 59.3 Å². The summed E-state index contributed by atoms with van der Waals surface area (Å²) in [4.78, 5) is 9.15. The van der Waals surface area contributed by atoms with Crippen LogP contribution in [0.15, 0.2) is 36.7 Å². The lowest BCUT2D eigenvalue weighted by Crippen LogP contribution is -2.11. The van der Waals surface area contributed by atoms with Crippen LogP contribution in [0, 0.1) is 5.92 Å². The van der Waals surface area contributed by atoms with E-state index in [0.717, 1.165) is 35.9 Å². The minimum atomic E-state index is 0.258. The Hall–Kier alpha value is -1.90. The van der Waals surface area contributed by atoms with Gasteiger partial charge in [0, 0.05) is 18.0 Å². The molecule has 0 N–H and O–H groups in total. The molecule has 2 aromatic rings. The van der Waals surface area contributed by atoms with Crippen LogP contribution in [0.1, 0.15) is 91.0 Å². The first-order valence-electron chi connectivity index (χ1n) is 11.7. The molecule has 1 heterocycles. The van der Waals surface area contributed by atoms with Gasteiger partial charge in [0.2, 0.25) is 0 Å². The van der Waals surface area contributed by atoms with Crippen LogP contribution in [0.25, 0.3) is 11.4 Å². The van der Waals surface area contributed by atoms with E-state index in [1.165, 1.54) is 56.9 Å². The predicted molar refractivity (Wildman–Crippen MR) is 123 cm³/mol. The average molecular weight is 397 g/mol. The molecule has 0 aliphatic heterocycles. The van der Waals surface area contributed by atoms with Crippen molar-refractivity contribution in [3.8, 4) is 17.1 Å². The van der Waals surface area contributed by atoms with Crippen LogP contribution in [-0.2, 0) is 6.42 Å². The zero-order chi connectivity index (χ0) is 20.9. The molecule has 0 spiro atoms. The third-order valence-electron chi connectivity index (χ3n) is 5.73. The van der Waals surface area contributed by atoms with Gasteiger partial charge < -0.3 is 4.74 Å². The molecule has 3 heteroatoms. The molecule has 0 unspecified atom stereocenters. The van der Waals surface area contributed by atoms with E-state index < -0.39 is 0 Å². The van der Waals surface area contributed by atoms with Crippen LogP contribution in [0.5, 0.6) is 5.75 Å². The monoisotopic (exact) mass is 396 g/mol. The second-order valence-electron chi connectivity index (χ2n) is 8.48. The highest BCUT2D eigenvalue weighted by atomic mass is 16.5. The Labute approximate surface area is 178 Å². The van der Waals surface area contributed by atoms with Gasteiger partial charge in [-0.2, -0.15) is 0 Å². The van der Waals surface area contributed by atoms with Crippen LogP contribution in [-0.4, -0.2) is 16.1 Å². The number of benzene rings is 1. The summed E-state index contributed by atoms with van der Waals surface area (Å²) in [5.74, 6) is 2.55. The van der Waals surface area contributed by atoms with E-state index in [-0.39, 0.29) is 6.10 Å². The van der Waals surface area contributed by atoms with Crippen molar-refractivity contribution < 1.29 is 4.74 Å². The Balaban J connectivity index is 1.78. The van der Waals surface area contributed by atoms with Gasteiger partial charge in [0.25, 0.3) is 0 Å². The second-order valence-corrected chi connectivity index (χ2v) is 8.48. The van der Waals surface area contributed by atoms with E-state index in [4.69, 9.17) is 4.74 Å². The molecule has 2 atom stereocenters. The second kappa shape index (κ2) is 13.3. The molecule has 0 saturated carbocycles. The van der Waals surface area contributed by atoms with Gasteiger partial charge in [-0.25, -0.2) is 9.97 Å². The standard InChI is InChI=1S/C26H40N2O/c1-5-7-8-9-13-22(4)29-25-17-15-24(16-18-25)26-27-19-23(20-28-26)14-11-10-12-21(3)6-2/h15-22H,5-14H2,1-4H3/t21-,22+/m0/s1. The molecule has 0 bridgehead atoms. The molecule has 0 fully saturated rings. The molecule has 0 aliphatic carbocycles. The molecule has 29 heavy (non-hydrogen) atoms.